The highest BCUT2D eigenvalue weighted by molar-refractivity contribution is 5.76. The lowest BCUT2D eigenvalue weighted by Gasteiger charge is -2.24. The zero-order valence-electron chi connectivity index (χ0n) is 15.2. The molecule has 1 fully saturated rings. The minimum Gasteiger partial charge on any atom is -0.361 e. The van der Waals surface area contributed by atoms with Gasteiger partial charge >= 0.3 is 0 Å². The number of aryl methyl sites for hydroxylation is 3. The summed E-state index contributed by atoms with van der Waals surface area (Å²) < 4.78 is 19.1. The fourth-order valence-corrected chi connectivity index (χ4v) is 3.39. The number of hydrogen-bond acceptors (Lipinski definition) is 5. The third-order valence-corrected chi connectivity index (χ3v) is 4.94. The molecule has 3 heterocycles. The van der Waals surface area contributed by atoms with Crippen LogP contribution in [0.15, 0.2) is 29.0 Å². The lowest BCUT2D eigenvalue weighted by atomic mass is 10.1. The average molecular weight is 360 g/mol. The number of rotatable bonds is 7. The number of nitrogens with zero attached hydrogens (tertiary/aromatic N) is 3. The number of nitrogens with one attached hydrogen (secondary N) is 1. The lowest BCUT2D eigenvalue weighted by Crippen LogP contribution is -2.40. The summed E-state index contributed by atoms with van der Waals surface area (Å²) in [6.07, 6.45) is 4.11. The molecule has 2 aromatic rings. The summed E-state index contributed by atoms with van der Waals surface area (Å²) in [5.74, 6) is 0.756. The molecule has 140 valence electrons. The molecule has 2 aromatic heterocycles. The molecule has 0 spiro atoms. The maximum atomic E-state index is 13.9. The van der Waals surface area contributed by atoms with Crippen LogP contribution in [0.25, 0.3) is 0 Å². The van der Waals surface area contributed by atoms with Gasteiger partial charge in [0.15, 0.2) is 0 Å². The molecule has 1 saturated heterocycles. The number of carbonyl (C=O) groups is 1. The summed E-state index contributed by atoms with van der Waals surface area (Å²) in [6.45, 7) is 5.19. The van der Waals surface area contributed by atoms with Crippen LogP contribution in [-0.4, -0.2) is 46.3 Å². The van der Waals surface area contributed by atoms with Gasteiger partial charge in [0.05, 0.1) is 5.69 Å². The molecule has 1 aliphatic rings. The Morgan fingerprint density at radius 3 is 2.85 bits per heavy atom. The molecule has 0 aliphatic carbocycles. The quantitative estimate of drug-likeness (QED) is 0.821. The SMILES string of the molecule is Cc1noc(C)c1CN1C[C@@H](F)C[C@H]1CNC(=O)CCc1ccncc1. The zero-order chi connectivity index (χ0) is 18.5. The average Bonchev–Trinajstić information content (AvgIpc) is 3.15. The van der Waals surface area contributed by atoms with Crippen LogP contribution in [0.3, 0.4) is 0 Å². The standard InChI is InChI=1S/C19H25FN4O2/c1-13-18(14(2)26-23-13)12-24-11-16(20)9-17(24)10-22-19(25)4-3-15-5-7-21-8-6-15/h5-8,16-17H,3-4,9-12H2,1-2H3,(H,22,25)/t16-,17-/m0/s1. The molecule has 1 N–H and O–H groups in total. The Morgan fingerprint density at radius 1 is 1.38 bits per heavy atom. The van der Waals surface area contributed by atoms with E-state index in [1.54, 1.807) is 12.4 Å². The topological polar surface area (TPSA) is 71.3 Å². The van der Waals surface area contributed by atoms with Gasteiger partial charge < -0.3 is 9.84 Å². The van der Waals surface area contributed by atoms with Crippen LogP contribution in [0.1, 0.15) is 35.4 Å². The first-order chi connectivity index (χ1) is 12.5. The van der Waals surface area contributed by atoms with E-state index in [-0.39, 0.29) is 11.9 Å². The van der Waals surface area contributed by atoms with E-state index in [9.17, 15) is 9.18 Å². The van der Waals surface area contributed by atoms with Gasteiger partial charge in [0, 0.05) is 50.1 Å². The van der Waals surface area contributed by atoms with Crippen molar-refractivity contribution in [3.05, 3.63) is 47.1 Å². The molecule has 1 amide bonds. The second kappa shape index (κ2) is 8.40. The van der Waals surface area contributed by atoms with Gasteiger partial charge in [-0.25, -0.2) is 4.39 Å². The predicted molar refractivity (Wildman–Crippen MR) is 95.3 cm³/mol. The summed E-state index contributed by atoms with van der Waals surface area (Å²) in [5, 5.41) is 6.91. The van der Waals surface area contributed by atoms with Gasteiger partial charge in [-0.2, -0.15) is 0 Å². The Morgan fingerprint density at radius 2 is 2.15 bits per heavy atom. The highest BCUT2D eigenvalue weighted by Gasteiger charge is 2.33. The molecule has 0 saturated carbocycles. The molecule has 0 radical (unpaired) electrons. The van der Waals surface area contributed by atoms with Crippen molar-refractivity contribution in [2.75, 3.05) is 13.1 Å². The molecule has 7 heteroatoms. The molecular weight excluding hydrogens is 335 g/mol. The van der Waals surface area contributed by atoms with E-state index < -0.39 is 6.17 Å². The van der Waals surface area contributed by atoms with E-state index in [0.717, 1.165) is 22.6 Å². The van der Waals surface area contributed by atoms with Crippen molar-refractivity contribution in [2.24, 2.45) is 0 Å². The maximum absolute atomic E-state index is 13.9. The number of halogens is 1. The van der Waals surface area contributed by atoms with E-state index in [4.69, 9.17) is 4.52 Å². The van der Waals surface area contributed by atoms with Crippen molar-refractivity contribution in [3.8, 4) is 0 Å². The van der Waals surface area contributed by atoms with Crippen LogP contribution >= 0.6 is 0 Å². The Bertz CT molecular complexity index is 715. The van der Waals surface area contributed by atoms with E-state index in [2.05, 4.69) is 20.4 Å². The lowest BCUT2D eigenvalue weighted by molar-refractivity contribution is -0.121. The highest BCUT2D eigenvalue weighted by atomic mass is 19.1. The third-order valence-electron chi connectivity index (χ3n) is 4.94. The first-order valence-corrected chi connectivity index (χ1v) is 8.98. The number of alkyl halides is 1. The van der Waals surface area contributed by atoms with Crippen LogP contribution < -0.4 is 5.32 Å². The smallest absolute Gasteiger partial charge is 0.220 e. The fraction of sp³-hybridized carbons (Fsp3) is 0.526. The molecule has 3 rings (SSSR count). The van der Waals surface area contributed by atoms with Crippen molar-refractivity contribution < 1.29 is 13.7 Å². The first kappa shape index (κ1) is 18.5. The van der Waals surface area contributed by atoms with Gasteiger partial charge in [0.2, 0.25) is 5.91 Å². The first-order valence-electron chi connectivity index (χ1n) is 8.98. The molecule has 26 heavy (non-hydrogen) atoms. The Labute approximate surface area is 152 Å². The molecule has 0 unspecified atom stereocenters. The predicted octanol–water partition coefficient (Wildman–Crippen LogP) is 2.35. The van der Waals surface area contributed by atoms with Crippen molar-refractivity contribution >= 4 is 5.91 Å². The number of hydrogen-bond donors (Lipinski definition) is 1. The van der Waals surface area contributed by atoms with Crippen LogP contribution in [0.2, 0.25) is 0 Å². The van der Waals surface area contributed by atoms with Crippen molar-refractivity contribution in [1.82, 2.24) is 20.4 Å². The van der Waals surface area contributed by atoms with Crippen molar-refractivity contribution in [2.45, 2.75) is 51.9 Å². The van der Waals surface area contributed by atoms with Crippen LogP contribution in [-0.2, 0) is 17.8 Å². The summed E-state index contributed by atoms with van der Waals surface area (Å²) in [7, 11) is 0. The molecular formula is C19H25FN4O2. The summed E-state index contributed by atoms with van der Waals surface area (Å²) in [5.41, 5.74) is 2.93. The van der Waals surface area contributed by atoms with Crippen molar-refractivity contribution in [1.29, 1.82) is 0 Å². The van der Waals surface area contributed by atoms with Crippen LogP contribution in [0, 0.1) is 13.8 Å². The van der Waals surface area contributed by atoms with Crippen LogP contribution in [0.4, 0.5) is 4.39 Å². The van der Waals surface area contributed by atoms with Gasteiger partial charge in [-0.3, -0.25) is 14.7 Å². The number of carbonyl (C=O) groups excluding carboxylic acids is 1. The summed E-state index contributed by atoms with van der Waals surface area (Å²) in [6, 6.07) is 3.80. The Hall–Kier alpha value is -2.28. The third kappa shape index (κ3) is 4.66. The monoisotopic (exact) mass is 360 g/mol. The Balaban J connectivity index is 1.50. The van der Waals surface area contributed by atoms with E-state index in [1.165, 1.54) is 0 Å². The molecule has 6 nitrogen and oxygen atoms in total. The van der Waals surface area contributed by atoms with Gasteiger partial charge in [-0.05, 0) is 44.4 Å². The van der Waals surface area contributed by atoms with Crippen molar-refractivity contribution in [3.63, 3.8) is 0 Å². The van der Waals surface area contributed by atoms with E-state index in [1.807, 2.05) is 26.0 Å². The molecule has 1 aliphatic heterocycles. The van der Waals surface area contributed by atoms with Gasteiger partial charge in [0.1, 0.15) is 11.9 Å². The van der Waals surface area contributed by atoms with E-state index >= 15 is 0 Å². The van der Waals surface area contributed by atoms with Gasteiger partial charge in [-0.15, -0.1) is 0 Å². The number of amides is 1. The Kier molecular flexibility index (Phi) is 5.98. The highest BCUT2D eigenvalue weighted by Crippen LogP contribution is 2.24. The molecule has 2 atom stereocenters. The minimum absolute atomic E-state index is 0.0106. The summed E-state index contributed by atoms with van der Waals surface area (Å²) in [4.78, 5) is 18.2. The van der Waals surface area contributed by atoms with Gasteiger partial charge in [-0.1, -0.05) is 5.16 Å². The normalized spacial score (nSPS) is 20.4. The number of likely N-dealkylation sites (tertiary alicyclic amines) is 1. The maximum Gasteiger partial charge on any atom is 0.220 e. The molecule has 0 aromatic carbocycles. The fourth-order valence-electron chi connectivity index (χ4n) is 3.39. The second-order valence-electron chi connectivity index (χ2n) is 6.88. The summed E-state index contributed by atoms with van der Waals surface area (Å²) >= 11 is 0. The second-order valence-corrected chi connectivity index (χ2v) is 6.88. The van der Waals surface area contributed by atoms with E-state index in [0.29, 0.717) is 38.9 Å². The zero-order valence-corrected chi connectivity index (χ0v) is 15.2. The number of aromatic nitrogens is 2. The largest absolute Gasteiger partial charge is 0.361 e. The molecule has 0 bridgehead atoms. The van der Waals surface area contributed by atoms with Gasteiger partial charge in [0.25, 0.3) is 0 Å². The number of pyridine rings is 1. The minimum atomic E-state index is -0.866. The van der Waals surface area contributed by atoms with Crippen LogP contribution in [0.5, 0.6) is 0 Å².